The lowest BCUT2D eigenvalue weighted by Crippen LogP contribution is -2.16. The summed E-state index contributed by atoms with van der Waals surface area (Å²) in [4.78, 5) is 3.75. The van der Waals surface area contributed by atoms with Crippen molar-refractivity contribution in [3.8, 4) is 0 Å². The molecule has 0 bridgehead atoms. The van der Waals surface area contributed by atoms with Crippen LogP contribution in [0.5, 0.6) is 0 Å². The molecule has 0 atom stereocenters. The molecule has 0 unspecified atom stereocenters. The van der Waals surface area contributed by atoms with Crippen LogP contribution >= 0.6 is 0 Å². The molecule has 0 saturated carbocycles. The Morgan fingerprint density at radius 2 is 1.25 bits per heavy atom. The Labute approximate surface area is 99.3 Å². The topological polar surface area (TPSA) is 4.36 Å². The molecule has 16 heavy (non-hydrogen) atoms. The van der Waals surface area contributed by atoms with Gasteiger partial charge in [-0.1, -0.05) is 59.7 Å². The fraction of sp³-hybridized carbons (Fsp3) is 0.533. The van der Waals surface area contributed by atoms with E-state index in [-0.39, 0.29) is 10.8 Å². The van der Waals surface area contributed by atoms with Gasteiger partial charge in [0, 0.05) is 0 Å². The van der Waals surface area contributed by atoms with E-state index in [0.29, 0.717) is 0 Å². The van der Waals surface area contributed by atoms with Crippen molar-refractivity contribution in [1.82, 2.24) is 0 Å². The summed E-state index contributed by atoms with van der Waals surface area (Å²) >= 11 is 0. The van der Waals surface area contributed by atoms with E-state index in [1.165, 1.54) is 0 Å². The summed E-state index contributed by atoms with van der Waals surface area (Å²) in [5, 5.41) is 0. The highest BCUT2D eigenvalue weighted by molar-refractivity contribution is 5.63. The average Bonchev–Trinajstić information content (AvgIpc) is 2.13. The standard InChI is InChI=1S/C15H21N/c1-14(2,3)11-9-8-10-12(13(11)16-7)15(4,5)6/h8-10H,1-6H3. The van der Waals surface area contributed by atoms with Gasteiger partial charge in [0.1, 0.15) is 0 Å². The molecule has 86 valence electrons. The van der Waals surface area contributed by atoms with Gasteiger partial charge in [0.25, 0.3) is 0 Å². The smallest absolute Gasteiger partial charge is 0.194 e. The summed E-state index contributed by atoms with van der Waals surface area (Å²) in [5.41, 5.74) is 3.19. The van der Waals surface area contributed by atoms with Crippen molar-refractivity contribution >= 4 is 5.69 Å². The van der Waals surface area contributed by atoms with Gasteiger partial charge in [-0.05, 0) is 22.0 Å². The third-order valence-electron chi connectivity index (χ3n) is 2.76. The van der Waals surface area contributed by atoms with Crippen LogP contribution < -0.4 is 0 Å². The first-order valence-corrected chi connectivity index (χ1v) is 5.69. The second-order valence-electron chi connectivity index (χ2n) is 6.31. The molecule has 0 heterocycles. The van der Waals surface area contributed by atoms with Crippen LogP contribution in [0.4, 0.5) is 5.69 Å². The van der Waals surface area contributed by atoms with Crippen molar-refractivity contribution < 1.29 is 0 Å². The van der Waals surface area contributed by atoms with Crippen LogP contribution in [0.15, 0.2) is 18.2 Å². The summed E-state index contributed by atoms with van der Waals surface area (Å²) in [6, 6.07) is 6.21. The van der Waals surface area contributed by atoms with Crippen LogP contribution in [0.3, 0.4) is 0 Å². The zero-order valence-electron chi connectivity index (χ0n) is 11.2. The van der Waals surface area contributed by atoms with E-state index in [0.717, 1.165) is 16.8 Å². The molecular formula is C15H21N. The van der Waals surface area contributed by atoms with E-state index >= 15 is 0 Å². The molecule has 0 fully saturated rings. The van der Waals surface area contributed by atoms with Crippen LogP contribution in [0.25, 0.3) is 4.85 Å². The van der Waals surface area contributed by atoms with Gasteiger partial charge in [0.05, 0.1) is 6.57 Å². The van der Waals surface area contributed by atoms with E-state index in [1.807, 2.05) is 0 Å². The lowest BCUT2D eigenvalue weighted by molar-refractivity contribution is 0.574. The molecule has 0 aliphatic rings. The van der Waals surface area contributed by atoms with E-state index in [2.05, 4.69) is 64.6 Å². The number of hydrogen-bond donors (Lipinski definition) is 0. The molecule has 0 saturated heterocycles. The summed E-state index contributed by atoms with van der Waals surface area (Å²) in [7, 11) is 0. The van der Waals surface area contributed by atoms with E-state index in [9.17, 15) is 0 Å². The van der Waals surface area contributed by atoms with Gasteiger partial charge in [0.2, 0.25) is 0 Å². The Morgan fingerprint density at radius 3 is 1.50 bits per heavy atom. The van der Waals surface area contributed by atoms with Crippen molar-refractivity contribution in [1.29, 1.82) is 0 Å². The normalized spacial score (nSPS) is 12.3. The van der Waals surface area contributed by atoms with Gasteiger partial charge in [-0.15, -0.1) is 0 Å². The molecule has 0 amide bonds. The van der Waals surface area contributed by atoms with E-state index in [4.69, 9.17) is 6.57 Å². The molecule has 1 nitrogen and oxygen atoms in total. The Morgan fingerprint density at radius 1 is 0.875 bits per heavy atom. The largest absolute Gasteiger partial charge is 0.238 e. The molecule has 1 aromatic rings. The van der Waals surface area contributed by atoms with Crippen molar-refractivity contribution in [2.75, 3.05) is 0 Å². The van der Waals surface area contributed by atoms with Gasteiger partial charge in [-0.2, -0.15) is 0 Å². The second kappa shape index (κ2) is 3.94. The highest BCUT2D eigenvalue weighted by atomic mass is 14.7. The molecule has 0 spiro atoms. The molecule has 1 rings (SSSR count). The maximum absolute atomic E-state index is 7.41. The van der Waals surface area contributed by atoms with Crippen LogP contribution in [0.1, 0.15) is 52.7 Å². The molecule has 0 aromatic heterocycles. The van der Waals surface area contributed by atoms with Crippen molar-refractivity contribution in [3.05, 3.63) is 40.7 Å². The molecule has 0 N–H and O–H groups in total. The van der Waals surface area contributed by atoms with E-state index < -0.39 is 0 Å². The monoisotopic (exact) mass is 215 g/mol. The minimum atomic E-state index is 0.0289. The predicted molar refractivity (Wildman–Crippen MR) is 70.1 cm³/mol. The highest BCUT2D eigenvalue weighted by Gasteiger charge is 2.24. The van der Waals surface area contributed by atoms with Crippen LogP contribution in [0.2, 0.25) is 0 Å². The fourth-order valence-electron chi connectivity index (χ4n) is 1.87. The summed E-state index contributed by atoms with van der Waals surface area (Å²) in [5.74, 6) is 0. The first kappa shape index (κ1) is 12.8. The maximum Gasteiger partial charge on any atom is 0.194 e. The molecule has 1 aromatic carbocycles. The molecular weight excluding hydrogens is 194 g/mol. The third kappa shape index (κ3) is 2.44. The van der Waals surface area contributed by atoms with Crippen molar-refractivity contribution in [2.45, 2.75) is 52.4 Å². The van der Waals surface area contributed by atoms with Gasteiger partial charge in [0.15, 0.2) is 5.69 Å². The highest BCUT2D eigenvalue weighted by Crippen LogP contribution is 2.39. The predicted octanol–water partition coefficient (Wildman–Crippen LogP) is 4.83. The molecule has 0 aliphatic heterocycles. The SMILES string of the molecule is [C-]#[N+]c1c(C(C)(C)C)cccc1C(C)(C)C. The van der Waals surface area contributed by atoms with Crippen LogP contribution in [-0.2, 0) is 10.8 Å². The molecule has 0 aliphatic carbocycles. The first-order chi connectivity index (χ1) is 7.18. The Balaban J connectivity index is 3.53. The Kier molecular flexibility index (Phi) is 3.15. The molecule has 1 heteroatoms. The maximum atomic E-state index is 7.41. The summed E-state index contributed by atoms with van der Waals surface area (Å²) in [6.07, 6.45) is 0. The van der Waals surface area contributed by atoms with Gasteiger partial charge >= 0.3 is 0 Å². The summed E-state index contributed by atoms with van der Waals surface area (Å²) < 4.78 is 0. The van der Waals surface area contributed by atoms with Crippen molar-refractivity contribution in [3.63, 3.8) is 0 Å². The number of para-hydroxylation sites is 1. The average molecular weight is 215 g/mol. The lowest BCUT2D eigenvalue weighted by atomic mass is 9.79. The Hall–Kier alpha value is -1.29. The zero-order valence-corrected chi connectivity index (χ0v) is 11.2. The number of nitrogens with zero attached hydrogens (tertiary/aromatic N) is 1. The van der Waals surface area contributed by atoms with Gasteiger partial charge in [-0.3, -0.25) is 0 Å². The number of hydrogen-bond acceptors (Lipinski definition) is 0. The summed E-state index contributed by atoms with van der Waals surface area (Å²) in [6.45, 7) is 20.3. The fourth-order valence-corrected chi connectivity index (χ4v) is 1.87. The van der Waals surface area contributed by atoms with Crippen LogP contribution in [0, 0.1) is 6.57 Å². The van der Waals surface area contributed by atoms with Crippen LogP contribution in [-0.4, -0.2) is 0 Å². The Bertz CT molecular complexity index is 390. The van der Waals surface area contributed by atoms with Gasteiger partial charge < -0.3 is 0 Å². The quantitative estimate of drug-likeness (QED) is 0.546. The number of benzene rings is 1. The number of rotatable bonds is 0. The minimum absolute atomic E-state index is 0.0289. The van der Waals surface area contributed by atoms with Gasteiger partial charge in [-0.25, -0.2) is 4.85 Å². The van der Waals surface area contributed by atoms with Crippen molar-refractivity contribution in [2.24, 2.45) is 0 Å². The first-order valence-electron chi connectivity index (χ1n) is 5.69. The third-order valence-corrected chi connectivity index (χ3v) is 2.76. The molecule has 0 radical (unpaired) electrons. The second-order valence-corrected chi connectivity index (χ2v) is 6.31. The lowest BCUT2D eigenvalue weighted by Gasteiger charge is -2.27. The zero-order chi connectivity index (χ0) is 12.6. The minimum Gasteiger partial charge on any atom is -0.238 e. The van der Waals surface area contributed by atoms with E-state index in [1.54, 1.807) is 0 Å².